The Morgan fingerprint density at radius 3 is 2.93 bits per heavy atom. The Morgan fingerprint density at radius 2 is 2.13 bits per heavy atom. The number of carbonyl (C=O) groups is 1. The Labute approximate surface area is 175 Å². The summed E-state index contributed by atoms with van der Waals surface area (Å²) in [6.45, 7) is 2.85. The number of rotatable bonds is 4. The fourth-order valence-corrected chi connectivity index (χ4v) is 5.12. The van der Waals surface area contributed by atoms with Gasteiger partial charge >= 0.3 is 0 Å². The molecule has 4 rings (SSSR count). The highest BCUT2D eigenvalue weighted by molar-refractivity contribution is 7.89. The Balaban J connectivity index is 1.55. The van der Waals surface area contributed by atoms with E-state index in [9.17, 15) is 13.2 Å². The minimum absolute atomic E-state index is 0.0227. The third-order valence-electron chi connectivity index (χ3n) is 5.51. The van der Waals surface area contributed by atoms with Gasteiger partial charge in [0.05, 0.1) is 17.4 Å². The lowest BCUT2D eigenvalue weighted by atomic mass is 10.0. The number of aryl methyl sites for hydroxylation is 1. The maximum absolute atomic E-state index is 13.1. The molecule has 9 heteroatoms. The van der Waals surface area contributed by atoms with E-state index in [4.69, 9.17) is 10.5 Å². The van der Waals surface area contributed by atoms with E-state index in [1.165, 1.54) is 0 Å². The monoisotopic (exact) mass is 428 g/mol. The van der Waals surface area contributed by atoms with Gasteiger partial charge in [-0.25, -0.2) is 8.42 Å². The Bertz CT molecular complexity index is 1110. The molecule has 1 amide bonds. The van der Waals surface area contributed by atoms with Crippen molar-refractivity contribution in [2.75, 3.05) is 13.2 Å². The van der Waals surface area contributed by atoms with Gasteiger partial charge in [-0.15, -0.1) is 4.40 Å². The summed E-state index contributed by atoms with van der Waals surface area (Å²) in [4.78, 5) is 19.1. The van der Waals surface area contributed by atoms with Crippen molar-refractivity contribution in [1.82, 2.24) is 9.88 Å². The van der Waals surface area contributed by atoms with Crippen molar-refractivity contribution in [2.45, 2.75) is 38.0 Å². The van der Waals surface area contributed by atoms with Gasteiger partial charge in [0.25, 0.3) is 15.9 Å². The molecule has 2 aromatic rings. The average molecular weight is 429 g/mol. The van der Waals surface area contributed by atoms with Crippen LogP contribution in [-0.2, 0) is 15.8 Å². The molecule has 1 fully saturated rings. The van der Waals surface area contributed by atoms with Crippen molar-refractivity contribution in [3.05, 3.63) is 58.9 Å². The van der Waals surface area contributed by atoms with Gasteiger partial charge in [0.1, 0.15) is 18.2 Å². The summed E-state index contributed by atoms with van der Waals surface area (Å²) in [6.07, 6.45) is 6.12. The van der Waals surface area contributed by atoms with Gasteiger partial charge in [-0.3, -0.25) is 9.78 Å². The number of sulfonamides is 1. The zero-order chi connectivity index (χ0) is 21.3. The first kappa shape index (κ1) is 20.3. The fourth-order valence-electron chi connectivity index (χ4n) is 4.03. The molecular formula is C21H24N4O4S. The second-order valence-electron chi connectivity index (χ2n) is 7.64. The topological polar surface area (TPSA) is 115 Å². The van der Waals surface area contributed by atoms with Crippen LogP contribution in [0.4, 0.5) is 0 Å². The molecule has 8 nitrogen and oxygen atoms in total. The normalized spacial score (nSPS) is 20.2. The van der Waals surface area contributed by atoms with E-state index in [2.05, 4.69) is 9.38 Å². The first-order valence-electron chi connectivity index (χ1n) is 9.90. The number of amides is 1. The molecule has 0 aliphatic carbocycles. The summed E-state index contributed by atoms with van der Waals surface area (Å²) in [6, 6.07) is 6.87. The van der Waals surface area contributed by atoms with Gasteiger partial charge in [0, 0.05) is 24.5 Å². The number of nitrogens with two attached hydrogens (primary N) is 1. The third kappa shape index (κ3) is 4.02. The number of benzene rings is 1. The van der Waals surface area contributed by atoms with Crippen LogP contribution in [0.1, 0.15) is 46.3 Å². The van der Waals surface area contributed by atoms with E-state index in [-0.39, 0.29) is 23.5 Å². The summed E-state index contributed by atoms with van der Waals surface area (Å²) >= 11 is 0. The second kappa shape index (κ2) is 8.06. The van der Waals surface area contributed by atoms with Crippen LogP contribution < -0.4 is 10.5 Å². The number of pyridine rings is 1. The van der Waals surface area contributed by atoms with Gasteiger partial charge in [-0.2, -0.15) is 0 Å². The highest BCUT2D eigenvalue weighted by Gasteiger charge is 2.30. The smallest absolute Gasteiger partial charge is 0.259 e. The molecule has 1 atom stereocenters. The van der Waals surface area contributed by atoms with E-state index in [1.807, 2.05) is 11.8 Å². The van der Waals surface area contributed by atoms with Gasteiger partial charge < -0.3 is 15.4 Å². The molecule has 1 aromatic heterocycles. The largest absolute Gasteiger partial charge is 0.491 e. The molecule has 2 N–H and O–H groups in total. The van der Waals surface area contributed by atoms with Crippen molar-refractivity contribution in [3.63, 3.8) is 0 Å². The fraction of sp³-hybridized carbons (Fsp3) is 0.381. The highest BCUT2D eigenvalue weighted by atomic mass is 32.2. The van der Waals surface area contributed by atoms with E-state index >= 15 is 0 Å². The Kier molecular flexibility index (Phi) is 5.46. The van der Waals surface area contributed by atoms with Crippen LogP contribution in [0.3, 0.4) is 0 Å². The molecule has 30 heavy (non-hydrogen) atoms. The van der Waals surface area contributed by atoms with Crippen LogP contribution in [0.2, 0.25) is 0 Å². The number of aromatic nitrogens is 1. The quantitative estimate of drug-likeness (QED) is 0.797. The Hall–Kier alpha value is -2.94. The number of fused-ring (bicyclic) bond motifs is 1. The zero-order valence-electron chi connectivity index (χ0n) is 16.7. The number of hydrogen-bond acceptors (Lipinski definition) is 6. The average Bonchev–Trinajstić information content (AvgIpc) is 2.71. The lowest BCUT2D eigenvalue weighted by Crippen LogP contribution is -2.47. The van der Waals surface area contributed by atoms with E-state index in [0.29, 0.717) is 35.6 Å². The number of nitrogens with zero attached hydrogens (tertiary/aromatic N) is 3. The molecule has 0 saturated carbocycles. The van der Waals surface area contributed by atoms with E-state index in [0.717, 1.165) is 24.8 Å². The van der Waals surface area contributed by atoms with Gasteiger partial charge in [0.2, 0.25) is 0 Å². The van der Waals surface area contributed by atoms with E-state index < -0.39 is 10.0 Å². The molecule has 1 aromatic carbocycles. The van der Waals surface area contributed by atoms with Crippen molar-refractivity contribution >= 4 is 21.8 Å². The standard InChI is InChI=1S/C21H24N4O4S/c1-14-11-23-9-8-17(14)21(26)25-10-3-2-6-16(25)12-29-18-7-4-5-15-13-30(27,28)24-20(22)19(15)18/h4-5,7-9,11,16H,2-3,6,10,12-13H2,1H3,(H2,22,24)/t16-/m1/s1. The molecule has 0 bridgehead atoms. The van der Waals surface area contributed by atoms with Crippen LogP contribution in [0, 0.1) is 6.92 Å². The van der Waals surface area contributed by atoms with Crippen LogP contribution >= 0.6 is 0 Å². The summed E-state index contributed by atoms with van der Waals surface area (Å²) in [5, 5.41) is 0. The van der Waals surface area contributed by atoms with E-state index in [1.54, 1.807) is 36.7 Å². The second-order valence-corrected chi connectivity index (χ2v) is 9.28. The number of hydrogen-bond donors (Lipinski definition) is 1. The molecule has 158 valence electrons. The van der Waals surface area contributed by atoms with Gasteiger partial charge in [-0.05, 0) is 49.4 Å². The molecule has 2 aliphatic rings. The minimum atomic E-state index is -3.60. The van der Waals surface area contributed by atoms with Crippen LogP contribution in [-0.4, -0.2) is 49.2 Å². The molecule has 0 radical (unpaired) electrons. The SMILES string of the molecule is Cc1cnccc1C(=O)N1CCCC[C@@H]1COc1cccc2c1C(N)=NS(=O)(=O)C2. The first-order chi connectivity index (χ1) is 14.4. The van der Waals surface area contributed by atoms with Gasteiger partial charge in [0.15, 0.2) is 0 Å². The van der Waals surface area contributed by atoms with Crippen molar-refractivity contribution in [1.29, 1.82) is 0 Å². The number of piperidine rings is 1. The lowest BCUT2D eigenvalue weighted by molar-refractivity contribution is 0.0527. The van der Waals surface area contributed by atoms with Crippen molar-refractivity contribution in [3.8, 4) is 5.75 Å². The zero-order valence-corrected chi connectivity index (χ0v) is 17.6. The predicted octanol–water partition coefficient (Wildman–Crippen LogP) is 2.01. The van der Waals surface area contributed by atoms with Crippen LogP contribution in [0.15, 0.2) is 41.1 Å². The molecule has 0 spiro atoms. The molecule has 2 aliphatic heterocycles. The van der Waals surface area contributed by atoms with Crippen molar-refractivity contribution < 1.29 is 17.9 Å². The summed E-state index contributed by atoms with van der Waals surface area (Å²) < 4.78 is 33.4. The Morgan fingerprint density at radius 1 is 1.30 bits per heavy atom. The maximum Gasteiger partial charge on any atom is 0.259 e. The van der Waals surface area contributed by atoms with Crippen LogP contribution in [0.25, 0.3) is 0 Å². The molecule has 1 saturated heterocycles. The summed E-state index contributed by atoms with van der Waals surface area (Å²) in [5.41, 5.74) is 8.50. The predicted molar refractivity (Wildman–Crippen MR) is 113 cm³/mol. The summed E-state index contributed by atoms with van der Waals surface area (Å²) in [5.74, 6) is 0.207. The minimum Gasteiger partial charge on any atom is -0.491 e. The van der Waals surface area contributed by atoms with Crippen molar-refractivity contribution in [2.24, 2.45) is 10.1 Å². The molecule has 0 unspecified atom stereocenters. The number of likely N-dealkylation sites (tertiary alicyclic amines) is 1. The van der Waals surface area contributed by atoms with Gasteiger partial charge in [-0.1, -0.05) is 12.1 Å². The molecule has 3 heterocycles. The number of carbonyl (C=O) groups excluding carboxylic acids is 1. The summed E-state index contributed by atoms with van der Waals surface area (Å²) in [7, 11) is -3.60. The molecular weight excluding hydrogens is 404 g/mol. The lowest BCUT2D eigenvalue weighted by Gasteiger charge is -2.36. The first-order valence-corrected chi connectivity index (χ1v) is 11.5. The third-order valence-corrected chi connectivity index (χ3v) is 6.66. The van der Waals surface area contributed by atoms with Crippen LogP contribution in [0.5, 0.6) is 5.75 Å². The maximum atomic E-state index is 13.1. The highest BCUT2D eigenvalue weighted by Crippen LogP contribution is 2.29. The number of ether oxygens (including phenoxy) is 1. The number of amidine groups is 1.